The summed E-state index contributed by atoms with van der Waals surface area (Å²) in [6.07, 6.45) is 0.0645. The normalized spacial score (nSPS) is 12.0. The van der Waals surface area contributed by atoms with E-state index in [1.54, 1.807) is 30.3 Å². The summed E-state index contributed by atoms with van der Waals surface area (Å²) in [5.74, 6) is -0.313. The predicted molar refractivity (Wildman–Crippen MR) is 96.8 cm³/mol. The van der Waals surface area contributed by atoms with E-state index >= 15 is 0 Å². The fourth-order valence-electron chi connectivity index (χ4n) is 2.31. The first-order chi connectivity index (χ1) is 12.2. The number of hydrogen-bond donors (Lipinski definition) is 1. The molecule has 0 aliphatic carbocycles. The van der Waals surface area contributed by atoms with E-state index in [1.165, 1.54) is 12.1 Å². The van der Waals surface area contributed by atoms with Gasteiger partial charge < -0.3 is 0 Å². The minimum absolute atomic E-state index is 0.0645. The largest absolute Gasteiger partial charge is 0.289 e. The molecule has 0 aliphatic rings. The molecule has 0 radical (unpaired) electrons. The molecule has 0 bridgehead atoms. The molecule has 2 aromatic rings. The van der Waals surface area contributed by atoms with E-state index in [4.69, 9.17) is 0 Å². The standard InChI is InChI=1S/C16H18N2O6S2/c19-18(20)15-9-4-5-10-16(15)26(23,24)17-11-6-12-25(21,22)13-14-7-2-1-3-8-14/h1-5,7-10,17H,6,11-13H2. The van der Waals surface area contributed by atoms with Gasteiger partial charge in [-0.15, -0.1) is 0 Å². The van der Waals surface area contributed by atoms with E-state index in [-0.39, 0.29) is 24.5 Å². The Morgan fingerprint density at radius 2 is 1.54 bits per heavy atom. The van der Waals surface area contributed by atoms with Gasteiger partial charge in [-0.2, -0.15) is 0 Å². The molecule has 8 nitrogen and oxygen atoms in total. The van der Waals surface area contributed by atoms with E-state index in [0.717, 1.165) is 12.1 Å². The van der Waals surface area contributed by atoms with Crippen LogP contribution in [-0.2, 0) is 25.6 Å². The first-order valence-electron chi connectivity index (χ1n) is 7.69. The first-order valence-corrected chi connectivity index (χ1v) is 11.0. The van der Waals surface area contributed by atoms with Crippen molar-refractivity contribution in [2.75, 3.05) is 12.3 Å². The highest BCUT2D eigenvalue weighted by Gasteiger charge is 2.24. The van der Waals surface area contributed by atoms with Crippen LogP contribution in [0.3, 0.4) is 0 Å². The number of nitro groups is 1. The summed E-state index contributed by atoms with van der Waals surface area (Å²) in [7, 11) is -7.48. The Kier molecular flexibility index (Phi) is 6.46. The Labute approximate surface area is 152 Å². The van der Waals surface area contributed by atoms with Crippen molar-refractivity contribution in [1.82, 2.24) is 4.72 Å². The Hall–Kier alpha value is -2.30. The molecule has 140 valence electrons. The first kappa shape index (κ1) is 20.0. The van der Waals surface area contributed by atoms with Gasteiger partial charge in [0.05, 0.1) is 16.4 Å². The van der Waals surface area contributed by atoms with Crippen LogP contribution in [0.1, 0.15) is 12.0 Å². The highest BCUT2D eigenvalue weighted by atomic mass is 32.2. The maximum absolute atomic E-state index is 12.2. The summed E-state index contributed by atoms with van der Waals surface area (Å²) in [5.41, 5.74) is 0.129. The lowest BCUT2D eigenvalue weighted by molar-refractivity contribution is -0.387. The van der Waals surface area contributed by atoms with Crippen LogP contribution in [0.15, 0.2) is 59.5 Å². The minimum atomic E-state index is -4.10. The molecule has 1 N–H and O–H groups in total. The van der Waals surface area contributed by atoms with Crippen LogP contribution in [0.5, 0.6) is 0 Å². The summed E-state index contributed by atoms with van der Waals surface area (Å²) in [6.45, 7) is -0.137. The lowest BCUT2D eigenvalue weighted by Gasteiger charge is -2.08. The zero-order chi connectivity index (χ0) is 19.2. The molecular formula is C16H18N2O6S2. The third-order valence-electron chi connectivity index (χ3n) is 3.51. The van der Waals surface area contributed by atoms with Crippen LogP contribution in [0, 0.1) is 10.1 Å². The quantitative estimate of drug-likeness (QED) is 0.391. The molecule has 0 aromatic heterocycles. The topological polar surface area (TPSA) is 123 Å². The number of para-hydroxylation sites is 1. The third kappa shape index (κ3) is 5.61. The van der Waals surface area contributed by atoms with Crippen molar-refractivity contribution in [2.24, 2.45) is 0 Å². The summed E-state index contributed by atoms with van der Waals surface area (Å²) < 4.78 is 50.8. The minimum Gasteiger partial charge on any atom is -0.258 e. The van der Waals surface area contributed by atoms with E-state index in [2.05, 4.69) is 4.72 Å². The molecule has 2 aromatic carbocycles. The van der Waals surface area contributed by atoms with Crippen molar-refractivity contribution >= 4 is 25.5 Å². The van der Waals surface area contributed by atoms with E-state index in [1.807, 2.05) is 0 Å². The second kappa shape index (κ2) is 8.39. The molecule has 0 saturated carbocycles. The van der Waals surface area contributed by atoms with Crippen LogP contribution in [0.4, 0.5) is 5.69 Å². The van der Waals surface area contributed by atoms with Crippen LogP contribution >= 0.6 is 0 Å². The summed E-state index contributed by atoms with van der Waals surface area (Å²) in [5, 5.41) is 10.9. The second-order valence-electron chi connectivity index (χ2n) is 5.55. The number of sulfonamides is 1. The van der Waals surface area contributed by atoms with Crippen molar-refractivity contribution < 1.29 is 21.8 Å². The van der Waals surface area contributed by atoms with Gasteiger partial charge in [-0.1, -0.05) is 42.5 Å². The number of nitro benzene ring substituents is 1. The number of benzene rings is 2. The Bertz CT molecular complexity index is 973. The van der Waals surface area contributed by atoms with Gasteiger partial charge in [0.15, 0.2) is 14.7 Å². The molecule has 10 heteroatoms. The lowest BCUT2D eigenvalue weighted by atomic mass is 10.2. The van der Waals surface area contributed by atoms with Crippen LogP contribution < -0.4 is 4.72 Å². The monoisotopic (exact) mass is 398 g/mol. The molecule has 0 fully saturated rings. The van der Waals surface area contributed by atoms with Gasteiger partial charge >= 0.3 is 0 Å². The number of rotatable bonds is 9. The van der Waals surface area contributed by atoms with Crippen LogP contribution in [0.25, 0.3) is 0 Å². The Balaban J connectivity index is 1.94. The smallest absolute Gasteiger partial charge is 0.258 e. The Morgan fingerprint density at radius 3 is 2.19 bits per heavy atom. The summed E-state index contributed by atoms with van der Waals surface area (Å²) >= 11 is 0. The van der Waals surface area contributed by atoms with Gasteiger partial charge in [0.25, 0.3) is 5.69 Å². The number of sulfone groups is 1. The zero-order valence-electron chi connectivity index (χ0n) is 13.7. The maximum atomic E-state index is 12.2. The van der Waals surface area contributed by atoms with Crippen molar-refractivity contribution in [2.45, 2.75) is 17.1 Å². The number of nitrogens with zero attached hydrogens (tertiary/aromatic N) is 1. The Morgan fingerprint density at radius 1 is 0.923 bits per heavy atom. The van der Waals surface area contributed by atoms with Gasteiger partial charge in [-0.3, -0.25) is 10.1 Å². The van der Waals surface area contributed by atoms with E-state index in [9.17, 15) is 26.9 Å². The summed E-state index contributed by atoms with van der Waals surface area (Å²) in [6, 6.07) is 13.7. The van der Waals surface area contributed by atoms with Crippen molar-refractivity contribution in [3.63, 3.8) is 0 Å². The molecule has 0 spiro atoms. The van der Waals surface area contributed by atoms with Crippen molar-refractivity contribution in [3.05, 3.63) is 70.3 Å². The lowest BCUT2D eigenvalue weighted by Crippen LogP contribution is -2.27. The maximum Gasteiger partial charge on any atom is 0.289 e. The predicted octanol–water partition coefficient (Wildman–Crippen LogP) is 1.88. The zero-order valence-corrected chi connectivity index (χ0v) is 15.4. The highest BCUT2D eigenvalue weighted by Crippen LogP contribution is 2.22. The number of hydrogen-bond acceptors (Lipinski definition) is 6. The van der Waals surface area contributed by atoms with Crippen LogP contribution in [-0.4, -0.2) is 34.1 Å². The molecule has 0 saturated heterocycles. The molecule has 0 amide bonds. The molecule has 0 heterocycles. The number of nitrogens with one attached hydrogen (secondary N) is 1. The van der Waals surface area contributed by atoms with Gasteiger partial charge in [0.1, 0.15) is 0 Å². The van der Waals surface area contributed by atoms with Gasteiger partial charge in [-0.25, -0.2) is 21.6 Å². The second-order valence-corrected chi connectivity index (χ2v) is 9.47. The molecule has 0 atom stereocenters. The molecule has 0 unspecified atom stereocenters. The van der Waals surface area contributed by atoms with E-state index in [0.29, 0.717) is 5.56 Å². The highest BCUT2D eigenvalue weighted by molar-refractivity contribution is 7.90. The van der Waals surface area contributed by atoms with E-state index < -0.39 is 35.4 Å². The third-order valence-corrected chi connectivity index (χ3v) is 6.70. The average Bonchev–Trinajstić information content (AvgIpc) is 2.59. The SMILES string of the molecule is O=[N+]([O-])c1ccccc1S(=O)(=O)NCCCS(=O)(=O)Cc1ccccc1. The molecule has 26 heavy (non-hydrogen) atoms. The average molecular weight is 398 g/mol. The van der Waals surface area contributed by atoms with Gasteiger partial charge in [-0.05, 0) is 18.1 Å². The molecular weight excluding hydrogens is 380 g/mol. The molecule has 2 rings (SSSR count). The fraction of sp³-hybridized carbons (Fsp3) is 0.250. The van der Waals surface area contributed by atoms with Crippen LogP contribution in [0.2, 0.25) is 0 Å². The van der Waals surface area contributed by atoms with Gasteiger partial charge in [0, 0.05) is 12.6 Å². The fourth-order valence-corrected chi connectivity index (χ4v) is 4.98. The van der Waals surface area contributed by atoms with Crippen molar-refractivity contribution in [3.8, 4) is 0 Å². The van der Waals surface area contributed by atoms with Crippen molar-refractivity contribution in [1.29, 1.82) is 0 Å². The van der Waals surface area contributed by atoms with Gasteiger partial charge in [0.2, 0.25) is 10.0 Å². The summed E-state index contributed by atoms with van der Waals surface area (Å²) in [4.78, 5) is 9.71. The molecule has 0 aliphatic heterocycles.